The molecule has 0 spiro atoms. The van der Waals surface area contributed by atoms with Gasteiger partial charge in [-0.3, -0.25) is 0 Å². The van der Waals surface area contributed by atoms with Crippen LogP contribution in [0.4, 0.5) is 4.39 Å². The summed E-state index contributed by atoms with van der Waals surface area (Å²) in [6.45, 7) is 0. The number of benzene rings is 1. The minimum absolute atomic E-state index is 0.245. The molecule has 2 heterocycles. The van der Waals surface area contributed by atoms with Crippen molar-refractivity contribution in [2.75, 3.05) is 0 Å². The molecule has 0 radical (unpaired) electrons. The molecule has 1 aromatic carbocycles. The van der Waals surface area contributed by atoms with Gasteiger partial charge in [0.25, 0.3) is 0 Å². The summed E-state index contributed by atoms with van der Waals surface area (Å²) >= 11 is 0. The zero-order chi connectivity index (χ0) is 11.0. The largest absolute Gasteiger partial charge is 0.346 e. The third kappa shape index (κ3) is 1.37. The Hall–Kier alpha value is -2.16. The van der Waals surface area contributed by atoms with Crippen LogP contribution in [0.25, 0.3) is 22.3 Å². The van der Waals surface area contributed by atoms with Gasteiger partial charge in [0.05, 0.1) is 11.1 Å². The average molecular weight is 212 g/mol. The van der Waals surface area contributed by atoms with Crippen LogP contribution in [0, 0.1) is 5.82 Å². The maximum Gasteiger partial charge on any atom is 0.140 e. The van der Waals surface area contributed by atoms with Crippen molar-refractivity contribution < 1.29 is 4.39 Å². The molecule has 1 N–H and O–H groups in total. The lowest BCUT2D eigenvalue weighted by molar-refractivity contribution is 0.639. The first kappa shape index (κ1) is 9.09. The number of H-pyrrole nitrogens is 1. The number of nitrogens with one attached hydrogen (secondary N) is 1. The molecular weight excluding hydrogens is 203 g/mol. The first-order chi connectivity index (χ1) is 7.84. The van der Waals surface area contributed by atoms with E-state index in [9.17, 15) is 4.39 Å². The van der Waals surface area contributed by atoms with Crippen LogP contribution in [0.2, 0.25) is 0 Å². The molecule has 0 atom stereocenters. The predicted octanol–water partition coefficient (Wildman–Crippen LogP) is 3.37. The van der Waals surface area contributed by atoms with Gasteiger partial charge in [0.2, 0.25) is 0 Å². The Balaban J connectivity index is 2.25. The molecule has 2 nitrogen and oxygen atoms in total. The van der Waals surface area contributed by atoms with Gasteiger partial charge in [-0.05, 0) is 6.07 Å². The fraction of sp³-hybridized carbons (Fsp3) is 0. The number of hydrogen-bond acceptors (Lipinski definition) is 1. The van der Waals surface area contributed by atoms with E-state index in [4.69, 9.17) is 0 Å². The van der Waals surface area contributed by atoms with Crippen molar-refractivity contribution in [2.24, 2.45) is 0 Å². The summed E-state index contributed by atoms with van der Waals surface area (Å²) in [6, 6.07) is 12.7. The van der Waals surface area contributed by atoms with Gasteiger partial charge in [-0.15, -0.1) is 0 Å². The zero-order valence-electron chi connectivity index (χ0n) is 8.44. The van der Waals surface area contributed by atoms with E-state index in [2.05, 4.69) is 9.97 Å². The quantitative estimate of drug-likeness (QED) is 0.658. The van der Waals surface area contributed by atoms with E-state index in [0.717, 1.165) is 5.56 Å². The van der Waals surface area contributed by atoms with Crippen LogP contribution in [0.5, 0.6) is 0 Å². The SMILES string of the molecule is Fc1cc(-c2ccccc2)nc2[nH]ccc12. The Morgan fingerprint density at radius 1 is 1.06 bits per heavy atom. The van der Waals surface area contributed by atoms with Crippen LogP contribution < -0.4 is 0 Å². The molecule has 0 aliphatic carbocycles. The fourth-order valence-corrected chi connectivity index (χ4v) is 1.75. The maximum atomic E-state index is 13.7. The van der Waals surface area contributed by atoms with Crippen molar-refractivity contribution >= 4 is 11.0 Å². The van der Waals surface area contributed by atoms with Crippen LogP contribution in [0.15, 0.2) is 48.7 Å². The highest BCUT2D eigenvalue weighted by atomic mass is 19.1. The van der Waals surface area contributed by atoms with Crippen molar-refractivity contribution in [1.29, 1.82) is 0 Å². The minimum Gasteiger partial charge on any atom is -0.346 e. The van der Waals surface area contributed by atoms with Gasteiger partial charge in [-0.25, -0.2) is 9.37 Å². The maximum absolute atomic E-state index is 13.7. The van der Waals surface area contributed by atoms with Crippen LogP contribution >= 0.6 is 0 Å². The summed E-state index contributed by atoms with van der Waals surface area (Å²) in [5.74, 6) is -0.245. The number of aromatic nitrogens is 2. The Morgan fingerprint density at radius 2 is 1.88 bits per heavy atom. The van der Waals surface area contributed by atoms with Crippen molar-refractivity contribution in [3.63, 3.8) is 0 Å². The topological polar surface area (TPSA) is 28.7 Å². The van der Waals surface area contributed by atoms with E-state index in [-0.39, 0.29) is 5.82 Å². The molecule has 3 heteroatoms. The highest BCUT2D eigenvalue weighted by molar-refractivity contribution is 5.79. The first-order valence-corrected chi connectivity index (χ1v) is 5.03. The first-order valence-electron chi connectivity index (χ1n) is 5.03. The smallest absolute Gasteiger partial charge is 0.140 e. The predicted molar refractivity (Wildman–Crippen MR) is 61.5 cm³/mol. The number of rotatable bonds is 1. The second kappa shape index (κ2) is 3.45. The second-order valence-corrected chi connectivity index (χ2v) is 3.60. The summed E-state index contributed by atoms with van der Waals surface area (Å²) in [5.41, 5.74) is 2.14. The van der Waals surface area contributed by atoms with Crippen LogP contribution in [-0.4, -0.2) is 9.97 Å². The van der Waals surface area contributed by atoms with Crippen molar-refractivity contribution in [2.45, 2.75) is 0 Å². The minimum atomic E-state index is -0.245. The Bertz CT molecular complexity index is 629. The van der Waals surface area contributed by atoms with Crippen molar-refractivity contribution in [1.82, 2.24) is 9.97 Å². The summed E-state index contributed by atoms with van der Waals surface area (Å²) < 4.78 is 13.7. The molecule has 78 valence electrons. The van der Waals surface area contributed by atoms with Gasteiger partial charge in [0, 0.05) is 17.8 Å². The Labute approximate surface area is 91.8 Å². The summed E-state index contributed by atoms with van der Waals surface area (Å²) in [6.07, 6.45) is 1.69. The third-order valence-electron chi connectivity index (χ3n) is 2.55. The molecule has 3 aromatic rings. The monoisotopic (exact) mass is 212 g/mol. The van der Waals surface area contributed by atoms with Gasteiger partial charge >= 0.3 is 0 Å². The zero-order valence-corrected chi connectivity index (χ0v) is 8.44. The molecule has 3 rings (SSSR count). The number of aromatic amines is 1. The summed E-state index contributed by atoms with van der Waals surface area (Å²) in [5, 5.41) is 0.527. The lowest BCUT2D eigenvalue weighted by atomic mass is 10.1. The lowest BCUT2D eigenvalue weighted by Crippen LogP contribution is -1.87. The molecule has 0 fully saturated rings. The number of pyridine rings is 1. The lowest BCUT2D eigenvalue weighted by Gasteiger charge is -2.01. The summed E-state index contributed by atoms with van der Waals surface area (Å²) in [4.78, 5) is 7.29. The molecule has 16 heavy (non-hydrogen) atoms. The number of hydrogen-bond donors (Lipinski definition) is 1. The molecule has 0 unspecified atom stereocenters. The molecular formula is C13H9FN2. The number of nitrogens with zero attached hydrogens (tertiary/aromatic N) is 1. The summed E-state index contributed by atoms with van der Waals surface area (Å²) in [7, 11) is 0. The van der Waals surface area contributed by atoms with E-state index >= 15 is 0 Å². The molecule has 0 saturated heterocycles. The van der Waals surface area contributed by atoms with Crippen LogP contribution in [0.1, 0.15) is 0 Å². The fourth-order valence-electron chi connectivity index (χ4n) is 1.75. The average Bonchev–Trinajstić information content (AvgIpc) is 2.79. The van der Waals surface area contributed by atoms with E-state index in [1.54, 1.807) is 12.3 Å². The van der Waals surface area contributed by atoms with Gasteiger partial charge in [0.1, 0.15) is 11.5 Å². The van der Waals surface area contributed by atoms with Gasteiger partial charge in [0.15, 0.2) is 0 Å². The Morgan fingerprint density at radius 3 is 2.69 bits per heavy atom. The van der Waals surface area contributed by atoms with E-state index in [1.807, 2.05) is 30.3 Å². The second-order valence-electron chi connectivity index (χ2n) is 3.60. The van der Waals surface area contributed by atoms with Crippen LogP contribution in [0.3, 0.4) is 0 Å². The van der Waals surface area contributed by atoms with Crippen molar-refractivity contribution in [3.8, 4) is 11.3 Å². The normalized spacial score (nSPS) is 10.8. The van der Waals surface area contributed by atoms with Gasteiger partial charge < -0.3 is 4.98 Å². The molecule has 0 saturated carbocycles. The third-order valence-corrected chi connectivity index (χ3v) is 2.55. The number of halogens is 1. The highest BCUT2D eigenvalue weighted by Crippen LogP contribution is 2.22. The van der Waals surface area contributed by atoms with Gasteiger partial charge in [-0.1, -0.05) is 30.3 Å². The van der Waals surface area contributed by atoms with Crippen molar-refractivity contribution in [3.05, 3.63) is 54.5 Å². The van der Waals surface area contributed by atoms with E-state index < -0.39 is 0 Å². The number of fused-ring (bicyclic) bond motifs is 1. The Kier molecular flexibility index (Phi) is 1.96. The van der Waals surface area contributed by atoms with E-state index in [1.165, 1.54) is 6.07 Å². The van der Waals surface area contributed by atoms with E-state index in [0.29, 0.717) is 16.7 Å². The highest BCUT2D eigenvalue weighted by Gasteiger charge is 2.07. The molecule has 0 aliphatic heterocycles. The molecule has 0 bridgehead atoms. The molecule has 0 amide bonds. The van der Waals surface area contributed by atoms with Crippen LogP contribution in [-0.2, 0) is 0 Å². The molecule has 0 aliphatic rings. The van der Waals surface area contributed by atoms with Gasteiger partial charge in [-0.2, -0.15) is 0 Å². The standard InChI is InChI=1S/C13H9FN2/c14-11-8-12(9-4-2-1-3-5-9)16-13-10(11)6-7-15-13/h1-8H,(H,15,16). The molecule has 2 aromatic heterocycles.